The van der Waals surface area contributed by atoms with Crippen LogP contribution in [0, 0.1) is 5.82 Å². The summed E-state index contributed by atoms with van der Waals surface area (Å²) < 4.78 is 15.1. The summed E-state index contributed by atoms with van der Waals surface area (Å²) in [6.45, 7) is 1.64. The number of carbonyl (C=O) groups excluding carboxylic acids is 2. The number of urea groups is 1. The van der Waals surface area contributed by atoms with Crippen LogP contribution in [0.3, 0.4) is 0 Å². The average molecular weight is 393 g/mol. The number of amides is 3. The van der Waals surface area contributed by atoms with Gasteiger partial charge in [-0.1, -0.05) is 6.07 Å². The van der Waals surface area contributed by atoms with Crippen molar-refractivity contribution in [3.63, 3.8) is 0 Å². The molecule has 2 heterocycles. The van der Waals surface area contributed by atoms with Gasteiger partial charge >= 0.3 is 6.03 Å². The number of hydrogen-bond acceptors (Lipinski definition) is 3. The topological polar surface area (TPSA) is 70.5 Å². The van der Waals surface area contributed by atoms with E-state index in [4.69, 9.17) is 0 Å². The van der Waals surface area contributed by atoms with Gasteiger partial charge in [0.1, 0.15) is 5.82 Å². The van der Waals surface area contributed by atoms with Crippen LogP contribution < -0.4 is 5.32 Å². The number of nitrogens with one attached hydrogen (secondary N) is 1. The van der Waals surface area contributed by atoms with E-state index in [1.807, 2.05) is 36.5 Å². The Morgan fingerprint density at radius 1 is 0.931 bits per heavy atom. The number of aromatic nitrogens is 2. The third-order valence-corrected chi connectivity index (χ3v) is 4.81. The summed E-state index contributed by atoms with van der Waals surface area (Å²) in [5, 5.41) is 7.04. The highest BCUT2D eigenvalue weighted by molar-refractivity contribution is 5.94. The molecule has 0 unspecified atom stereocenters. The van der Waals surface area contributed by atoms with E-state index in [0.29, 0.717) is 37.4 Å². The molecule has 1 saturated heterocycles. The Hall–Kier alpha value is -3.68. The Morgan fingerprint density at radius 3 is 2.31 bits per heavy atom. The predicted molar refractivity (Wildman–Crippen MR) is 106 cm³/mol. The average Bonchev–Trinajstić information content (AvgIpc) is 3.29. The fraction of sp³-hybridized carbons (Fsp3) is 0.190. The Labute approximate surface area is 167 Å². The van der Waals surface area contributed by atoms with Gasteiger partial charge in [-0.05, 0) is 48.5 Å². The molecule has 8 heteroatoms. The molecule has 4 rings (SSSR count). The molecule has 0 aliphatic carbocycles. The maximum Gasteiger partial charge on any atom is 0.321 e. The van der Waals surface area contributed by atoms with Crippen LogP contribution in [0.25, 0.3) is 5.69 Å². The molecular formula is C21H20FN5O2. The molecule has 0 spiro atoms. The zero-order chi connectivity index (χ0) is 20.2. The quantitative estimate of drug-likeness (QED) is 0.744. The molecule has 2 aromatic carbocycles. The minimum absolute atomic E-state index is 0.213. The maximum absolute atomic E-state index is 13.3. The Kier molecular flexibility index (Phi) is 5.24. The van der Waals surface area contributed by atoms with Crippen molar-refractivity contribution in [3.05, 3.63) is 78.4 Å². The van der Waals surface area contributed by atoms with Crippen molar-refractivity contribution in [2.45, 2.75) is 0 Å². The largest absolute Gasteiger partial charge is 0.335 e. The first-order valence-electron chi connectivity index (χ1n) is 9.31. The minimum atomic E-state index is -0.438. The van der Waals surface area contributed by atoms with Crippen LogP contribution >= 0.6 is 0 Å². The number of anilines is 1. The molecular weight excluding hydrogens is 373 g/mol. The molecule has 1 N–H and O–H groups in total. The lowest BCUT2D eigenvalue weighted by Gasteiger charge is -2.34. The molecule has 1 aromatic heterocycles. The van der Waals surface area contributed by atoms with Crippen molar-refractivity contribution in [2.75, 3.05) is 31.5 Å². The molecule has 1 fully saturated rings. The van der Waals surface area contributed by atoms with Gasteiger partial charge in [-0.15, -0.1) is 0 Å². The second-order valence-corrected chi connectivity index (χ2v) is 6.72. The second-order valence-electron chi connectivity index (χ2n) is 6.72. The Bertz CT molecular complexity index is 996. The van der Waals surface area contributed by atoms with Crippen LogP contribution in [0.4, 0.5) is 14.9 Å². The van der Waals surface area contributed by atoms with Crippen molar-refractivity contribution >= 4 is 17.6 Å². The molecule has 0 atom stereocenters. The number of rotatable bonds is 3. The summed E-state index contributed by atoms with van der Waals surface area (Å²) in [6.07, 6.45) is 3.55. The van der Waals surface area contributed by atoms with Gasteiger partial charge in [-0.3, -0.25) is 4.79 Å². The lowest BCUT2D eigenvalue weighted by atomic mass is 10.2. The number of nitrogens with zero attached hydrogens (tertiary/aromatic N) is 4. The third kappa shape index (κ3) is 4.26. The molecule has 7 nitrogen and oxygen atoms in total. The molecule has 29 heavy (non-hydrogen) atoms. The lowest BCUT2D eigenvalue weighted by Crippen LogP contribution is -2.51. The van der Waals surface area contributed by atoms with Crippen LogP contribution in [-0.2, 0) is 0 Å². The van der Waals surface area contributed by atoms with E-state index >= 15 is 0 Å². The SMILES string of the molecule is O=C(Nc1ccc(-n2cccn2)cc1)N1CCN(C(=O)c2cccc(F)c2)CC1. The molecule has 0 radical (unpaired) electrons. The summed E-state index contributed by atoms with van der Waals surface area (Å²) >= 11 is 0. The van der Waals surface area contributed by atoms with E-state index in [-0.39, 0.29) is 11.9 Å². The number of carbonyl (C=O) groups is 2. The lowest BCUT2D eigenvalue weighted by molar-refractivity contribution is 0.0671. The zero-order valence-electron chi connectivity index (χ0n) is 15.7. The highest BCUT2D eigenvalue weighted by atomic mass is 19.1. The van der Waals surface area contributed by atoms with Crippen molar-refractivity contribution in [1.82, 2.24) is 19.6 Å². The molecule has 1 aliphatic rings. The van der Waals surface area contributed by atoms with Gasteiger partial charge in [0.2, 0.25) is 0 Å². The van der Waals surface area contributed by atoms with E-state index < -0.39 is 5.82 Å². The first-order chi connectivity index (χ1) is 14.1. The van der Waals surface area contributed by atoms with Crippen LogP contribution in [0.15, 0.2) is 67.0 Å². The highest BCUT2D eigenvalue weighted by Crippen LogP contribution is 2.15. The van der Waals surface area contributed by atoms with Gasteiger partial charge < -0.3 is 15.1 Å². The number of piperazine rings is 1. The molecule has 3 amide bonds. The standard InChI is InChI=1S/C21H20FN5O2/c22-17-4-1-3-16(15-17)20(28)25-11-13-26(14-12-25)21(29)24-18-5-7-19(8-6-18)27-10-2-9-23-27/h1-10,15H,11-14H2,(H,24,29). The van der Waals surface area contributed by atoms with Gasteiger partial charge in [0.15, 0.2) is 0 Å². The zero-order valence-corrected chi connectivity index (χ0v) is 15.7. The van der Waals surface area contributed by atoms with E-state index in [1.54, 1.807) is 26.7 Å². The second kappa shape index (κ2) is 8.14. The fourth-order valence-corrected chi connectivity index (χ4v) is 3.24. The van der Waals surface area contributed by atoms with Crippen LogP contribution in [-0.4, -0.2) is 57.7 Å². The summed E-state index contributed by atoms with van der Waals surface area (Å²) in [5.41, 5.74) is 1.90. The molecule has 0 bridgehead atoms. The van der Waals surface area contributed by atoms with E-state index in [1.165, 1.54) is 18.2 Å². The molecule has 3 aromatic rings. The maximum atomic E-state index is 13.3. The van der Waals surface area contributed by atoms with Crippen molar-refractivity contribution in [1.29, 1.82) is 0 Å². The van der Waals surface area contributed by atoms with Gasteiger partial charge in [0.25, 0.3) is 5.91 Å². The molecule has 148 valence electrons. The summed E-state index contributed by atoms with van der Waals surface area (Å²) in [7, 11) is 0. The smallest absolute Gasteiger partial charge is 0.321 e. The van der Waals surface area contributed by atoms with Crippen LogP contribution in [0.5, 0.6) is 0 Å². The van der Waals surface area contributed by atoms with Crippen molar-refractivity contribution in [3.8, 4) is 5.69 Å². The van der Waals surface area contributed by atoms with Crippen LogP contribution in [0.2, 0.25) is 0 Å². The molecule has 1 aliphatic heterocycles. The summed E-state index contributed by atoms with van der Waals surface area (Å²) in [5.74, 6) is -0.661. The first-order valence-corrected chi connectivity index (χ1v) is 9.31. The van der Waals surface area contributed by atoms with E-state index in [9.17, 15) is 14.0 Å². The van der Waals surface area contributed by atoms with E-state index in [0.717, 1.165) is 5.69 Å². The first kappa shape index (κ1) is 18.7. The van der Waals surface area contributed by atoms with Gasteiger partial charge in [-0.25, -0.2) is 13.9 Å². The Balaban J connectivity index is 1.31. The van der Waals surface area contributed by atoms with Crippen LogP contribution in [0.1, 0.15) is 10.4 Å². The number of benzene rings is 2. The number of halogens is 1. The van der Waals surface area contributed by atoms with Gasteiger partial charge in [0.05, 0.1) is 5.69 Å². The Morgan fingerprint density at radius 2 is 1.66 bits per heavy atom. The normalized spacial score (nSPS) is 14.0. The monoisotopic (exact) mass is 393 g/mol. The highest BCUT2D eigenvalue weighted by Gasteiger charge is 2.25. The van der Waals surface area contributed by atoms with E-state index in [2.05, 4.69) is 10.4 Å². The third-order valence-electron chi connectivity index (χ3n) is 4.81. The number of hydrogen-bond donors (Lipinski definition) is 1. The fourth-order valence-electron chi connectivity index (χ4n) is 3.24. The predicted octanol–water partition coefficient (Wildman–Crippen LogP) is 3.00. The van der Waals surface area contributed by atoms with Crippen molar-refractivity contribution < 1.29 is 14.0 Å². The molecule has 0 saturated carbocycles. The minimum Gasteiger partial charge on any atom is -0.335 e. The summed E-state index contributed by atoms with van der Waals surface area (Å²) in [6, 6.07) is 14.7. The van der Waals surface area contributed by atoms with Gasteiger partial charge in [-0.2, -0.15) is 5.10 Å². The summed E-state index contributed by atoms with van der Waals surface area (Å²) in [4.78, 5) is 28.3. The van der Waals surface area contributed by atoms with Crippen molar-refractivity contribution in [2.24, 2.45) is 0 Å². The van der Waals surface area contributed by atoms with Gasteiger partial charge in [0, 0.05) is 49.8 Å².